The van der Waals surface area contributed by atoms with Gasteiger partial charge >= 0.3 is 5.97 Å². The third-order valence-electron chi connectivity index (χ3n) is 4.69. The lowest BCUT2D eigenvalue weighted by atomic mass is 10.0. The molecule has 9 heteroatoms. The SMILES string of the molecule is CCCOC(=O)c1ccc(OCC(=O)NNC(=S)NC(=O)c2ccc(-c3ccccc3)cc2)cc1. The summed E-state index contributed by atoms with van der Waals surface area (Å²) in [4.78, 5) is 36.2. The summed E-state index contributed by atoms with van der Waals surface area (Å²) in [5, 5.41) is 2.43. The minimum atomic E-state index is -0.514. The number of ether oxygens (including phenoxy) is 2. The molecule has 0 radical (unpaired) electrons. The van der Waals surface area contributed by atoms with Gasteiger partial charge in [0.05, 0.1) is 12.2 Å². The zero-order valence-corrected chi connectivity index (χ0v) is 19.9. The Morgan fingerprint density at radius 3 is 2.09 bits per heavy atom. The lowest BCUT2D eigenvalue weighted by molar-refractivity contribution is -0.123. The van der Waals surface area contributed by atoms with Crippen molar-refractivity contribution in [1.29, 1.82) is 0 Å². The highest BCUT2D eigenvalue weighted by Gasteiger charge is 2.10. The predicted molar refractivity (Wildman–Crippen MR) is 136 cm³/mol. The maximum absolute atomic E-state index is 12.4. The van der Waals surface area contributed by atoms with Gasteiger partial charge in [-0.3, -0.25) is 25.8 Å². The highest BCUT2D eigenvalue weighted by Crippen LogP contribution is 2.19. The van der Waals surface area contributed by atoms with Crippen molar-refractivity contribution in [3.63, 3.8) is 0 Å². The Bertz CT molecular complexity index is 1170. The fraction of sp³-hybridized carbons (Fsp3) is 0.154. The highest BCUT2D eigenvalue weighted by molar-refractivity contribution is 7.80. The van der Waals surface area contributed by atoms with Crippen LogP contribution in [0.1, 0.15) is 34.1 Å². The van der Waals surface area contributed by atoms with E-state index in [0.29, 0.717) is 23.5 Å². The minimum absolute atomic E-state index is 0.0644. The lowest BCUT2D eigenvalue weighted by Crippen LogP contribution is -2.49. The summed E-state index contributed by atoms with van der Waals surface area (Å²) in [5.74, 6) is -0.935. The monoisotopic (exact) mass is 491 g/mol. The quantitative estimate of drug-likeness (QED) is 0.251. The fourth-order valence-corrected chi connectivity index (χ4v) is 3.07. The molecule has 3 aromatic carbocycles. The first-order valence-corrected chi connectivity index (χ1v) is 11.3. The molecule has 0 aliphatic heterocycles. The van der Waals surface area contributed by atoms with Crippen LogP contribution in [0.15, 0.2) is 78.9 Å². The molecule has 0 aliphatic rings. The molecular formula is C26H25N3O5S. The molecule has 3 rings (SSSR count). The van der Waals surface area contributed by atoms with Gasteiger partial charge in [-0.15, -0.1) is 0 Å². The number of benzene rings is 3. The van der Waals surface area contributed by atoms with E-state index in [-0.39, 0.29) is 11.7 Å². The van der Waals surface area contributed by atoms with Crippen LogP contribution in [0.3, 0.4) is 0 Å². The molecule has 0 heterocycles. The summed E-state index contributed by atoms with van der Waals surface area (Å²) in [6, 6.07) is 23.1. The number of hydrogen-bond acceptors (Lipinski definition) is 6. The number of amides is 2. The molecule has 35 heavy (non-hydrogen) atoms. The number of nitrogens with one attached hydrogen (secondary N) is 3. The van der Waals surface area contributed by atoms with Crippen molar-refractivity contribution in [2.24, 2.45) is 0 Å². The number of thiocarbonyl (C=S) groups is 1. The molecule has 0 fully saturated rings. The van der Waals surface area contributed by atoms with E-state index in [4.69, 9.17) is 21.7 Å². The first kappa shape index (κ1) is 25.4. The van der Waals surface area contributed by atoms with Gasteiger partial charge in [-0.2, -0.15) is 0 Å². The van der Waals surface area contributed by atoms with E-state index in [1.54, 1.807) is 36.4 Å². The second-order valence-corrected chi connectivity index (χ2v) is 7.76. The molecule has 2 amide bonds. The molecule has 0 saturated heterocycles. The first-order valence-electron chi connectivity index (χ1n) is 10.9. The van der Waals surface area contributed by atoms with Crippen LogP contribution in [0.2, 0.25) is 0 Å². The van der Waals surface area contributed by atoms with Gasteiger partial charge in [-0.05, 0) is 66.2 Å². The summed E-state index contributed by atoms with van der Waals surface area (Å²) >= 11 is 5.06. The second-order valence-electron chi connectivity index (χ2n) is 7.35. The van der Waals surface area contributed by atoms with Crippen LogP contribution in [0, 0.1) is 0 Å². The third kappa shape index (κ3) is 7.94. The van der Waals surface area contributed by atoms with E-state index < -0.39 is 17.8 Å². The maximum Gasteiger partial charge on any atom is 0.338 e. The van der Waals surface area contributed by atoms with Crippen molar-refractivity contribution < 1.29 is 23.9 Å². The summed E-state index contributed by atoms with van der Waals surface area (Å²) in [7, 11) is 0. The number of carbonyl (C=O) groups excluding carboxylic acids is 3. The Morgan fingerprint density at radius 1 is 0.800 bits per heavy atom. The molecule has 8 nitrogen and oxygen atoms in total. The molecule has 0 saturated carbocycles. The number of hydrogen-bond donors (Lipinski definition) is 3. The minimum Gasteiger partial charge on any atom is -0.484 e. The van der Waals surface area contributed by atoms with Crippen molar-refractivity contribution >= 4 is 35.1 Å². The van der Waals surface area contributed by atoms with Crippen LogP contribution in [0.25, 0.3) is 11.1 Å². The van der Waals surface area contributed by atoms with Gasteiger partial charge in [0.25, 0.3) is 11.8 Å². The van der Waals surface area contributed by atoms with Crippen LogP contribution < -0.4 is 20.9 Å². The van der Waals surface area contributed by atoms with Gasteiger partial charge in [0.2, 0.25) is 0 Å². The van der Waals surface area contributed by atoms with Crippen molar-refractivity contribution in [2.45, 2.75) is 13.3 Å². The van der Waals surface area contributed by atoms with E-state index in [0.717, 1.165) is 17.5 Å². The summed E-state index contributed by atoms with van der Waals surface area (Å²) < 4.78 is 10.4. The topological polar surface area (TPSA) is 106 Å². The Kier molecular flexibility index (Phi) is 9.32. The van der Waals surface area contributed by atoms with Gasteiger partial charge in [-0.1, -0.05) is 49.4 Å². The Morgan fingerprint density at radius 2 is 1.43 bits per heavy atom. The van der Waals surface area contributed by atoms with Crippen LogP contribution >= 0.6 is 12.2 Å². The van der Waals surface area contributed by atoms with Crippen LogP contribution in [0.4, 0.5) is 0 Å². The second kappa shape index (κ2) is 12.9. The number of hydrazine groups is 1. The molecule has 3 aromatic rings. The zero-order chi connectivity index (χ0) is 25.0. The van der Waals surface area contributed by atoms with Crippen molar-refractivity contribution in [3.8, 4) is 16.9 Å². The molecule has 180 valence electrons. The van der Waals surface area contributed by atoms with Crippen molar-refractivity contribution in [3.05, 3.63) is 90.0 Å². The zero-order valence-electron chi connectivity index (χ0n) is 19.1. The standard InChI is InChI=1S/C26H25N3O5S/c1-2-16-33-25(32)21-12-14-22(15-13-21)34-17-23(30)28-29-26(35)27-24(31)20-10-8-19(9-11-20)18-6-4-3-5-7-18/h3-15H,2,16-17H2,1H3,(H,28,30)(H2,27,29,31,35). The van der Waals surface area contributed by atoms with Gasteiger partial charge in [0, 0.05) is 5.56 Å². The molecule has 3 N–H and O–H groups in total. The van der Waals surface area contributed by atoms with Gasteiger partial charge in [-0.25, -0.2) is 4.79 Å². The van der Waals surface area contributed by atoms with Crippen LogP contribution in [-0.4, -0.2) is 36.1 Å². The average Bonchev–Trinajstić information content (AvgIpc) is 2.90. The molecule has 0 unspecified atom stereocenters. The Labute approximate surface area is 208 Å². The smallest absolute Gasteiger partial charge is 0.338 e. The van der Waals surface area contributed by atoms with Gasteiger partial charge in [0.1, 0.15) is 5.75 Å². The normalized spacial score (nSPS) is 10.1. The maximum atomic E-state index is 12.4. The van der Waals surface area contributed by atoms with Gasteiger partial charge < -0.3 is 9.47 Å². The van der Waals surface area contributed by atoms with Crippen molar-refractivity contribution in [1.82, 2.24) is 16.2 Å². The molecule has 0 spiro atoms. The van der Waals surface area contributed by atoms with Crippen LogP contribution in [0.5, 0.6) is 5.75 Å². The van der Waals surface area contributed by atoms with E-state index in [1.807, 2.05) is 49.4 Å². The van der Waals surface area contributed by atoms with E-state index in [9.17, 15) is 14.4 Å². The Balaban J connectivity index is 1.39. The van der Waals surface area contributed by atoms with E-state index in [2.05, 4.69) is 16.2 Å². The highest BCUT2D eigenvalue weighted by atomic mass is 32.1. The molecule has 0 aliphatic carbocycles. The molecular weight excluding hydrogens is 466 g/mol. The van der Waals surface area contributed by atoms with Crippen molar-refractivity contribution in [2.75, 3.05) is 13.2 Å². The number of carbonyl (C=O) groups is 3. The largest absolute Gasteiger partial charge is 0.484 e. The molecule has 0 atom stereocenters. The van der Waals surface area contributed by atoms with E-state index in [1.165, 1.54) is 0 Å². The van der Waals surface area contributed by atoms with E-state index >= 15 is 0 Å². The number of rotatable bonds is 8. The number of esters is 1. The molecule has 0 aromatic heterocycles. The summed E-state index contributed by atoms with van der Waals surface area (Å²) in [6.07, 6.45) is 0.741. The predicted octanol–water partition coefficient (Wildman–Crippen LogP) is 3.63. The lowest BCUT2D eigenvalue weighted by Gasteiger charge is -2.12. The third-order valence-corrected chi connectivity index (χ3v) is 4.90. The first-order chi connectivity index (χ1) is 17.0. The van der Waals surface area contributed by atoms with Crippen LogP contribution in [-0.2, 0) is 9.53 Å². The summed E-state index contributed by atoms with van der Waals surface area (Å²) in [5.41, 5.74) is 7.66. The van der Waals surface area contributed by atoms with Gasteiger partial charge in [0.15, 0.2) is 11.7 Å². The Hall–Kier alpha value is -4.24. The summed E-state index contributed by atoms with van der Waals surface area (Å²) in [6.45, 7) is 1.97. The average molecular weight is 492 g/mol. The molecule has 0 bridgehead atoms. The fourth-order valence-electron chi connectivity index (χ4n) is 2.93.